The van der Waals surface area contributed by atoms with Crippen molar-refractivity contribution >= 4 is 0 Å². The van der Waals surface area contributed by atoms with E-state index in [0.29, 0.717) is 0 Å². The number of rotatable bonds is 2. The first-order valence-corrected chi connectivity index (χ1v) is 6.93. The molecule has 1 aliphatic heterocycles. The standard InChI is InChI=1S/C14H22N2O2/c1-10-12(11(2)18-15-10)9-16-7-5-14(6-8-16)4-3-13(14)17/h13,17H,3-9H2,1-2H3. The van der Waals surface area contributed by atoms with Crippen molar-refractivity contribution < 1.29 is 9.63 Å². The molecule has 1 saturated carbocycles. The lowest BCUT2D eigenvalue weighted by Gasteiger charge is -2.51. The molecule has 0 bridgehead atoms. The molecule has 4 nitrogen and oxygen atoms in total. The molecule has 3 rings (SSSR count). The van der Waals surface area contributed by atoms with Crippen LogP contribution in [0.2, 0.25) is 0 Å². The van der Waals surface area contributed by atoms with Gasteiger partial charge in [-0.05, 0) is 58.0 Å². The smallest absolute Gasteiger partial charge is 0.138 e. The van der Waals surface area contributed by atoms with Crippen LogP contribution < -0.4 is 0 Å². The van der Waals surface area contributed by atoms with E-state index in [1.54, 1.807) is 0 Å². The van der Waals surface area contributed by atoms with Gasteiger partial charge in [-0.15, -0.1) is 0 Å². The van der Waals surface area contributed by atoms with Gasteiger partial charge in [0.05, 0.1) is 11.8 Å². The second-order valence-corrected chi connectivity index (χ2v) is 6.00. The highest BCUT2D eigenvalue weighted by molar-refractivity contribution is 5.20. The van der Waals surface area contributed by atoms with Crippen LogP contribution in [0.15, 0.2) is 4.52 Å². The van der Waals surface area contributed by atoms with Gasteiger partial charge in [-0.25, -0.2) is 0 Å². The average molecular weight is 250 g/mol. The Morgan fingerprint density at radius 1 is 1.33 bits per heavy atom. The number of aliphatic hydroxyl groups is 1. The van der Waals surface area contributed by atoms with Gasteiger partial charge >= 0.3 is 0 Å². The highest BCUT2D eigenvalue weighted by Crippen LogP contribution is 2.49. The second-order valence-electron chi connectivity index (χ2n) is 6.00. The SMILES string of the molecule is Cc1noc(C)c1CN1CCC2(CCC2O)CC1. The molecule has 4 heteroatoms. The molecular weight excluding hydrogens is 228 g/mol. The third-order valence-corrected chi connectivity index (χ3v) is 5.04. The van der Waals surface area contributed by atoms with Crippen LogP contribution in [-0.4, -0.2) is 34.4 Å². The highest BCUT2D eigenvalue weighted by atomic mass is 16.5. The normalized spacial score (nSPS) is 27.4. The fourth-order valence-corrected chi connectivity index (χ4v) is 3.37. The molecule has 1 aromatic heterocycles. The molecule has 100 valence electrons. The van der Waals surface area contributed by atoms with Gasteiger partial charge in [0.2, 0.25) is 0 Å². The Labute approximate surface area is 108 Å². The molecule has 0 aromatic carbocycles. The van der Waals surface area contributed by atoms with Crippen molar-refractivity contribution in [3.05, 3.63) is 17.0 Å². The Kier molecular flexibility index (Phi) is 2.94. The first kappa shape index (κ1) is 12.2. The Bertz CT molecular complexity index is 414. The van der Waals surface area contributed by atoms with Crippen molar-refractivity contribution in [2.24, 2.45) is 5.41 Å². The van der Waals surface area contributed by atoms with Gasteiger partial charge in [0.1, 0.15) is 5.76 Å². The number of likely N-dealkylation sites (tertiary alicyclic amines) is 1. The molecule has 18 heavy (non-hydrogen) atoms. The van der Waals surface area contributed by atoms with Gasteiger partial charge in [-0.1, -0.05) is 5.16 Å². The topological polar surface area (TPSA) is 49.5 Å². The summed E-state index contributed by atoms with van der Waals surface area (Å²) in [4.78, 5) is 2.46. The van der Waals surface area contributed by atoms with Crippen molar-refractivity contribution in [2.75, 3.05) is 13.1 Å². The van der Waals surface area contributed by atoms with Crippen LogP contribution in [0.3, 0.4) is 0 Å². The van der Waals surface area contributed by atoms with E-state index in [-0.39, 0.29) is 11.5 Å². The molecule has 0 radical (unpaired) electrons. The Hall–Kier alpha value is -0.870. The molecule has 2 aliphatic rings. The first-order chi connectivity index (χ1) is 8.61. The van der Waals surface area contributed by atoms with Gasteiger partial charge in [-0.2, -0.15) is 0 Å². The zero-order valence-electron chi connectivity index (χ0n) is 11.3. The monoisotopic (exact) mass is 250 g/mol. The number of hydrogen-bond acceptors (Lipinski definition) is 4. The van der Waals surface area contributed by atoms with Gasteiger partial charge in [0, 0.05) is 12.1 Å². The first-order valence-electron chi connectivity index (χ1n) is 6.93. The van der Waals surface area contributed by atoms with Crippen LogP contribution in [-0.2, 0) is 6.54 Å². The summed E-state index contributed by atoms with van der Waals surface area (Å²) < 4.78 is 5.21. The number of nitrogens with zero attached hydrogens (tertiary/aromatic N) is 2. The van der Waals surface area contributed by atoms with E-state index in [4.69, 9.17) is 4.52 Å². The fourth-order valence-electron chi connectivity index (χ4n) is 3.37. The van der Waals surface area contributed by atoms with Crippen molar-refractivity contribution in [2.45, 2.75) is 52.2 Å². The van der Waals surface area contributed by atoms with Crippen molar-refractivity contribution in [3.63, 3.8) is 0 Å². The van der Waals surface area contributed by atoms with E-state index in [2.05, 4.69) is 10.1 Å². The van der Waals surface area contributed by atoms with Crippen molar-refractivity contribution in [3.8, 4) is 0 Å². The average Bonchev–Trinajstić information content (AvgIpc) is 2.70. The minimum atomic E-state index is -0.0429. The summed E-state index contributed by atoms with van der Waals surface area (Å²) in [5.74, 6) is 0.941. The summed E-state index contributed by atoms with van der Waals surface area (Å²) >= 11 is 0. The molecule has 1 N–H and O–H groups in total. The zero-order valence-corrected chi connectivity index (χ0v) is 11.3. The number of hydrogen-bond donors (Lipinski definition) is 1. The lowest BCUT2D eigenvalue weighted by atomic mass is 9.61. The third-order valence-electron chi connectivity index (χ3n) is 5.04. The zero-order chi connectivity index (χ0) is 12.8. The van der Waals surface area contributed by atoms with Crippen LogP contribution in [0.1, 0.15) is 42.7 Å². The number of aliphatic hydroxyl groups excluding tert-OH is 1. The number of aromatic nitrogens is 1. The third kappa shape index (κ3) is 1.88. The van der Waals surface area contributed by atoms with E-state index < -0.39 is 0 Å². The summed E-state index contributed by atoms with van der Waals surface area (Å²) in [7, 11) is 0. The van der Waals surface area contributed by atoms with Gasteiger partial charge in [-0.3, -0.25) is 4.90 Å². The van der Waals surface area contributed by atoms with Gasteiger partial charge in [0.25, 0.3) is 0 Å². The fraction of sp³-hybridized carbons (Fsp3) is 0.786. The van der Waals surface area contributed by atoms with E-state index >= 15 is 0 Å². The summed E-state index contributed by atoms with van der Waals surface area (Å²) in [6.07, 6.45) is 4.45. The minimum absolute atomic E-state index is 0.0429. The predicted octanol–water partition coefficient (Wildman–Crippen LogP) is 2.03. The second kappa shape index (κ2) is 4.35. The molecular formula is C14H22N2O2. The molecule has 0 amide bonds. The summed E-state index contributed by atoms with van der Waals surface area (Å²) in [6.45, 7) is 7.10. The van der Waals surface area contributed by atoms with Gasteiger partial charge < -0.3 is 9.63 Å². The maximum Gasteiger partial charge on any atom is 0.138 e. The Balaban J connectivity index is 1.60. The predicted molar refractivity (Wildman–Crippen MR) is 68.2 cm³/mol. The molecule has 1 spiro atoms. The number of piperidine rings is 1. The van der Waals surface area contributed by atoms with Crippen LogP contribution in [0, 0.1) is 19.3 Å². The maximum absolute atomic E-state index is 9.91. The summed E-state index contributed by atoms with van der Waals surface area (Å²) in [5, 5.41) is 13.9. The van der Waals surface area contributed by atoms with Crippen LogP contribution in [0.25, 0.3) is 0 Å². The van der Waals surface area contributed by atoms with Crippen LogP contribution in [0.5, 0.6) is 0 Å². The van der Waals surface area contributed by atoms with E-state index in [9.17, 15) is 5.11 Å². The lowest BCUT2D eigenvalue weighted by Crippen LogP contribution is -2.51. The van der Waals surface area contributed by atoms with E-state index in [1.165, 1.54) is 12.0 Å². The molecule has 1 atom stereocenters. The number of aryl methyl sites for hydroxylation is 2. The molecule has 2 heterocycles. The molecule has 1 aromatic rings. The van der Waals surface area contributed by atoms with Crippen molar-refractivity contribution in [1.29, 1.82) is 0 Å². The molecule has 2 fully saturated rings. The Morgan fingerprint density at radius 3 is 2.50 bits per heavy atom. The van der Waals surface area contributed by atoms with Crippen molar-refractivity contribution in [1.82, 2.24) is 10.1 Å². The van der Waals surface area contributed by atoms with Crippen LogP contribution in [0.4, 0.5) is 0 Å². The summed E-state index contributed by atoms with van der Waals surface area (Å²) in [5.41, 5.74) is 2.51. The summed E-state index contributed by atoms with van der Waals surface area (Å²) in [6, 6.07) is 0. The van der Waals surface area contributed by atoms with E-state index in [1.807, 2.05) is 13.8 Å². The Morgan fingerprint density at radius 2 is 2.06 bits per heavy atom. The quantitative estimate of drug-likeness (QED) is 0.872. The molecule has 1 saturated heterocycles. The minimum Gasteiger partial charge on any atom is -0.393 e. The van der Waals surface area contributed by atoms with Gasteiger partial charge in [0.15, 0.2) is 0 Å². The lowest BCUT2D eigenvalue weighted by molar-refractivity contribution is -0.100. The maximum atomic E-state index is 9.91. The van der Waals surface area contributed by atoms with Crippen LogP contribution >= 0.6 is 0 Å². The molecule has 1 unspecified atom stereocenters. The highest BCUT2D eigenvalue weighted by Gasteiger charge is 2.47. The van der Waals surface area contributed by atoms with E-state index in [0.717, 1.165) is 50.4 Å². The molecule has 1 aliphatic carbocycles. The largest absolute Gasteiger partial charge is 0.393 e.